The fourth-order valence-electron chi connectivity index (χ4n) is 2.30. The van der Waals surface area contributed by atoms with Crippen molar-refractivity contribution in [3.63, 3.8) is 0 Å². The van der Waals surface area contributed by atoms with Gasteiger partial charge in [-0.15, -0.1) is 0 Å². The average Bonchev–Trinajstić information content (AvgIpc) is 2.91. The number of halogens is 1. The molecule has 3 rings (SSSR count). The summed E-state index contributed by atoms with van der Waals surface area (Å²) in [7, 11) is 0. The first-order chi connectivity index (χ1) is 11.6. The fraction of sp³-hybridized carbons (Fsp3) is 0.0526. The average molecular weight is 385 g/mol. The van der Waals surface area contributed by atoms with Crippen LogP contribution < -0.4 is 0 Å². The largest absolute Gasteiger partial charge is 0.449 e. The lowest BCUT2D eigenvalue weighted by Crippen LogP contribution is -2.11. The van der Waals surface area contributed by atoms with Crippen LogP contribution in [0.15, 0.2) is 83.1 Å². The normalized spacial score (nSPS) is 15.3. The van der Waals surface area contributed by atoms with Crippen LogP contribution in [0.4, 0.5) is 0 Å². The van der Waals surface area contributed by atoms with E-state index in [0.29, 0.717) is 4.48 Å². The van der Waals surface area contributed by atoms with Crippen molar-refractivity contribution in [3.8, 4) is 0 Å². The van der Waals surface area contributed by atoms with Gasteiger partial charge in [-0.05, 0) is 27.1 Å². The first-order valence-electron chi connectivity index (χ1n) is 7.25. The summed E-state index contributed by atoms with van der Waals surface area (Å²) in [4.78, 5) is 23.5. The Morgan fingerprint density at radius 3 is 2.00 bits per heavy atom. The lowest BCUT2D eigenvalue weighted by molar-refractivity contribution is -0.141. The Labute approximate surface area is 147 Å². The maximum Gasteiger partial charge on any atom is 0.337 e. The molecule has 0 saturated carbocycles. The number of hydrogen-bond acceptors (Lipinski definition) is 4. The van der Waals surface area contributed by atoms with Crippen molar-refractivity contribution in [2.45, 2.75) is 6.10 Å². The van der Waals surface area contributed by atoms with Gasteiger partial charge in [0.2, 0.25) is 0 Å². The number of cyclic esters (lactones) is 1. The summed E-state index contributed by atoms with van der Waals surface area (Å²) in [5.41, 5.74) is 1.71. The number of rotatable bonds is 4. The number of hydrogen-bond donors (Lipinski definition) is 0. The number of carbonyl (C=O) groups is 2. The molecule has 0 saturated heterocycles. The topological polar surface area (TPSA) is 52.6 Å². The van der Waals surface area contributed by atoms with Crippen LogP contribution in [-0.2, 0) is 19.1 Å². The van der Waals surface area contributed by atoms with Crippen LogP contribution in [0.1, 0.15) is 17.2 Å². The SMILES string of the molecule is O=C1C=C(Br)/C(=C\C(=O)OC(c2ccccc2)c2ccccc2)O1. The highest BCUT2D eigenvalue weighted by molar-refractivity contribution is 9.12. The first-order valence-corrected chi connectivity index (χ1v) is 8.04. The summed E-state index contributed by atoms with van der Waals surface area (Å²) in [6.07, 6.45) is 1.87. The van der Waals surface area contributed by atoms with Gasteiger partial charge in [0.1, 0.15) is 0 Å². The van der Waals surface area contributed by atoms with E-state index in [2.05, 4.69) is 15.9 Å². The molecular weight excluding hydrogens is 372 g/mol. The van der Waals surface area contributed by atoms with Gasteiger partial charge in [0, 0.05) is 6.08 Å². The summed E-state index contributed by atoms with van der Waals surface area (Å²) < 4.78 is 10.9. The molecule has 0 amide bonds. The van der Waals surface area contributed by atoms with E-state index < -0.39 is 18.0 Å². The van der Waals surface area contributed by atoms with Crippen molar-refractivity contribution in [1.82, 2.24) is 0 Å². The fourth-order valence-corrected chi connectivity index (χ4v) is 2.68. The third-order valence-electron chi connectivity index (χ3n) is 3.38. The van der Waals surface area contributed by atoms with E-state index >= 15 is 0 Å². The molecule has 0 bridgehead atoms. The Morgan fingerprint density at radius 2 is 1.54 bits per heavy atom. The molecule has 0 aliphatic carbocycles. The van der Waals surface area contributed by atoms with Crippen molar-refractivity contribution in [3.05, 3.63) is 94.2 Å². The van der Waals surface area contributed by atoms with E-state index in [4.69, 9.17) is 9.47 Å². The van der Waals surface area contributed by atoms with Crippen LogP contribution in [0.25, 0.3) is 0 Å². The number of benzene rings is 2. The molecule has 0 spiro atoms. The van der Waals surface area contributed by atoms with Crippen LogP contribution in [0, 0.1) is 0 Å². The number of ether oxygens (including phenoxy) is 2. The van der Waals surface area contributed by atoms with Crippen LogP contribution >= 0.6 is 15.9 Å². The molecule has 0 unspecified atom stereocenters. The highest BCUT2D eigenvalue weighted by Crippen LogP contribution is 2.28. The molecule has 1 aliphatic heterocycles. The van der Waals surface area contributed by atoms with Gasteiger partial charge in [0.15, 0.2) is 11.9 Å². The Balaban J connectivity index is 1.85. The minimum absolute atomic E-state index is 0.143. The van der Waals surface area contributed by atoms with E-state index in [0.717, 1.165) is 17.2 Å². The summed E-state index contributed by atoms with van der Waals surface area (Å²) in [6, 6.07) is 18.9. The van der Waals surface area contributed by atoms with Crippen molar-refractivity contribution >= 4 is 27.9 Å². The molecule has 1 aliphatic rings. The molecule has 0 atom stereocenters. The van der Waals surface area contributed by atoms with Gasteiger partial charge in [0.25, 0.3) is 0 Å². The summed E-state index contributed by atoms with van der Waals surface area (Å²) in [5.74, 6) is -0.976. The predicted octanol–water partition coefficient (Wildman–Crippen LogP) is 4.04. The van der Waals surface area contributed by atoms with E-state index in [1.165, 1.54) is 6.08 Å². The van der Waals surface area contributed by atoms with Gasteiger partial charge >= 0.3 is 11.9 Å². The van der Waals surface area contributed by atoms with Crippen molar-refractivity contribution < 1.29 is 19.1 Å². The molecule has 120 valence electrons. The highest BCUT2D eigenvalue weighted by atomic mass is 79.9. The van der Waals surface area contributed by atoms with Gasteiger partial charge in [-0.3, -0.25) is 0 Å². The lowest BCUT2D eigenvalue weighted by Gasteiger charge is -2.18. The molecule has 4 nitrogen and oxygen atoms in total. The summed E-state index contributed by atoms with van der Waals surface area (Å²) in [6.45, 7) is 0. The molecule has 0 radical (unpaired) electrons. The maximum absolute atomic E-state index is 12.3. The molecule has 2 aromatic carbocycles. The van der Waals surface area contributed by atoms with E-state index in [1.807, 2.05) is 60.7 Å². The summed E-state index contributed by atoms with van der Waals surface area (Å²) in [5, 5.41) is 0. The molecule has 1 heterocycles. The standard InChI is InChI=1S/C19H13BrO4/c20-15-11-17(21)23-16(15)12-18(22)24-19(13-7-3-1-4-8-13)14-9-5-2-6-10-14/h1-12,19H/b16-12+. The lowest BCUT2D eigenvalue weighted by atomic mass is 10.0. The maximum atomic E-state index is 12.3. The minimum atomic E-state index is -0.595. The zero-order chi connectivity index (χ0) is 16.9. The zero-order valence-corrected chi connectivity index (χ0v) is 14.1. The van der Waals surface area contributed by atoms with Crippen LogP contribution in [-0.4, -0.2) is 11.9 Å². The minimum Gasteiger partial charge on any atom is -0.449 e. The Morgan fingerprint density at radius 1 is 1.00 bits per heavy atom. The quantitative estimate of drug-likeness (QED) is 0.589. The second-order valence-corrected chi connectivity index (χ2v) is 5.91. The van der Waals surface area contributed by atoms with E-state index in [-0.39, 0.29) is 5.76 Å². The molecule has 2 aromatic rings. The summed E-state index contributed by atoms with van der Waals surface area (Å²) >= 11 is 3.17. The Kier molecular flexibility index (Phi) is 4.91. The third-order valence-corrected chi connectivity index (χ3v) is 4.00. The molecule has 24 heavy (non-hydrogen) atoms. The van der Waals surface area contributed by atoms with E-state index in [9.17, 15) is 9.59 Å². The molecule has 0 fully saturated rings. The number of allylic oxidation sites excluding steroid dienone is 1. The van der Waals surface area contributed by atoms with Crippen LogP contribution in [0.3, 0.4) is 0 Å². The van der Waals surface area contributed by atoms with Gasteiger partial charge in [-0.25, -0.2) is 9.59 Å². The van der Waals surface area contributed by atoms with Crippen molar-refractivity contribution in [2.24, 2.45) is 0 Å². The molecule has 0 N–H and O–H groups in total. The Bertz CT molecular complexity index is 770. The smallest absolute Gasteiger partial charge is 0.337 e. The Hall–Kier alpha value is -2.66. The predicted molar refractivity (Wildman–Crippen MR) is 92.0 cm³/mol. The molecule has 5 heteroatoms. The van der Waals surface area contributed by atoms with Crippen molar-refractivity contribution in [2.75, 3.05) is 0 Å². The third kappa shape index (κ3) is 3.81. The monoisotopic (exact) mass is 384 g/mol. The molecule has 0 aromatic heterocycles. The number of carbonyl (C=O) groups excluding carboxylic acids is 2. The van der Waals surface area contributed by atoms with Gasteiger partial charge in [0.05, 0.1) is 10.6 Å². The van der Waals surface area contributed by atoms with Gasteiger partial charge in [-0.2, -0.15) is 0 Å². The van der Waals surface area contributed by atoms with Gasteiger partial charge in [-0.1, -0.05) is 60.7 Å². The zero-order valence-electron chi connectivity index (χ0n) is 12.5. The van der Waals surface area contributed by atoms with Crippen LogP contribution in [0.2, 0.25) is 0 Å². The second-order valence-electron chi connectivity index (χ2n) is 5.06. The van der Waals surface area contributed by atoms with Crippen LogP contribution in [0.5, 0.6) is 0 Å². The highest BCUT2D eigenvalue weighted by Gasteiger charge is 2.22. The second kappa shape index (κ2) is 7.27. The van der Waals surface area contributed by atoms with Gasteiger partial charge < -0.3 is 9.47 Å². The first kappa shape index (κ1) is 16.2. The molecular formula is C19H13BrO4. The number of esters is 2. The van der Waals surface area contributed by atoms with E-state index in [1.54, 1.807) is 0 Å². The van der Waals surface area contributed by atoms with Crippen molar-refractivity contribution in [1.29, 1.82) is 0 Å².